The van der Waals surface area contributed by atoms with Gasteiger partial charge in [-0.3, -0.25) is 0 Å². The minimum atomic E-state index is -0.318. The number of hydrogen-bond donors (Lipinski definition) is 1. The molecule has 0 aliphatic rings. The van der Waals surface area contributed by atoms with Crippen LogP contribution in [0, 0.1) is 5.82 Å². The lowest BCUT2D eigenvalue weighted by Crippen LogP contribution is -2.19. The van der Waals surface area contributed by atoms with E-state index < -0.39 is 0 Å². The maximum absolute atomic E-state index is 13.5. The average Bonchev–Trinajstić information content (AvgIpc) is 2.09. The topological polar surface area (TPSA) is 35.2 Å². The van der Waals surface area contributed by atoms with Crippen LogP contribution in [-0.2, 0) is 6.42 Å². The first-order valence-electron chi connectivity index (χ1n) is 5.20. The molecule has 84 valence electrons. The Bertz CT molecular complexity index is 323. The van der Waals surface area contributed by atoms with Gasteiger partial charge in [0.1, 0.15) is 0 Å². The fraction of sp³-hybridized carbons (Fsp3) is 0.500. The number of nitrogens with two attached hydrogens (primary N) is 1. The van der Waals surface area contributed by atoms with Crippen molar-refractivity contribution in [3.05, 3.63) is 29.6 Å². The first-order chi connectivity index (χ1) is 7.00. The maximum Gasteiger partial charge on any atom is 0.165 e. The molecule has 0 bridgehead atoms. The summed E-state index contributed by atoms with van der Waals surface area (Å²) >= 11 is 0. The zero-order valence-electron chi connectivity index (χ0n) is 9.46. The lowest BCUT2D eigenvalue weighted by molar-refractivity contribution is 0.228. The molecule has 0 amide bonds. The number of rotatable bonds is 4. The van der Waals surface area contributed by atoms with Crippen LogP contribution in [0.25, 0.3) is 0 Å². The zero-order chi connectivity index (χ0) is 11.4. The molecule has 1 rings (SSSR count). The largest absolute Gasteiger partial charge is 0.488 e. The summed E-state index contributed by atoms with van der Waals surface area (Å²) in [5, 5.41) is 0. The molecule has 1 atom stereocenters. The Morgan fingerprint density at radius 2 is 2.00 bits per heavy atom. The van der Waals surface area contributed by atoms with Gasteiger partial charge in [0.2, 0.25) is 0 Å². The number of ether oxygens (including phenoxy) is 1. The van der Waals surface area contributed by atoms with E-state index in [1.807, 2.05) is 26.8 Å². The van der Waals surface area contributed by atoms with Gasteiger partial charge in [0, 0.05) is 6.04 Å². The first-order valence-corrected chi connectivity index (χ1v) is 5.20. The van der Waals surface area contributed by atoms with E-state index in [1.165, 1.54) is 6.07 Å². The number of halogens is 1. The van der Waals surface area contributed by atoms with Gasteiger partial charge in [-0.15, -0.1) is 0 Å². The van der Waals surface area contributed by atoms with Gasteiger partial charge in [0.25, 0.3) is 0 Å². The van der Waals surface area contributed by atoms with E-state index in [0.29, 0.717) is 12.2 Å². The zero-order valence-corrected chi connectivity index (χ0v) is 9.46. The van der Waals surface area contributed by atoms with Gasteiger partial charge in [0.15, 0.2) is 11.6 Å². The molecule has 0 saturated carbocycles. The van der Waals surface area contributed by atoms with Crippen molar-refractivity contribution < 1.29 is 9.13 Å². The van der Waals surface area contributed by atoms with Crippen molar-refractivity contribution >= 4 is 0 Å². The predicted octanol–water partition coefficient (Wildman–Crippen LogP) is 2.50. The summed E-state index contributed by atoms with van der Waals surface area (Å²) in [7, 11) is 0. The molecule has 0 aromatic heterocycles. The van der Waals surface area contributed by atoms with Gasteiger partial charge in [-0.2, -0.15) is 0 Å². The van der Waals surface area contributed by atoms with Crippen molar-refractivity contribution in [3.8, 4) is 5.75 Å². The Morgan fingerprint density at radius 3 is 2.53 bits per heavy atom. The van der Waals surface area contributed by atoms with Crippen LogP contribution in [0.2, 0.25) is 0 Å². The van der Waals surface area contributed by atoms with Crippen molar-refractivity contribution in [2.24, 2.45) is 5.73 Å². The third kappa shape index (κ3) is 3.51. The van der Waals surface area contributed by atoms with Gasteiger partial charge in [0.05, 0.1) is 6.10 Å². The molecule has 1 aromatic rings. The Balaban J connectivity index is 2.97. The highest BCUT2D eigenvalue weighted by Gasteiger charge is 2.12. The van der Waals surface area contributed by atoms with E-state index in [4.69, 9.17) is 10.5 Å². The highest BCUT2D eigenvalue weighted by molar-refractivity contribution is 5.35. The smallest absolute Gasteiger partial charge is 0.165 e. The van der Waals surface area contributed by atoms with Gasteiger partial charge in [-0.25, -0.2) is 4.39 Å². The lowest BCUT2D eigenvalue weighted by atomic mass is 10.1. The van der Waals surface area contributed by atoms with Crippen LogP contribution in [0.5, 0.6) is 5.75 Å². The minimum absolute atomic E-state index is 0.00122. The van der Waals surface area contributed by atoms with Crippen LogP contribution >= 0.6 is 0 Å². The average molecular weight is 211 g/mol. The van der Waals surface area contributed by atoms with Crippen molar-refractivity contribution in [2.45, 2.75) is 39.3 Å². The fourth-order valence-electron chi connectivity index (χ4n) is 1.43. The van der Waals surface area contributed by atoms with Gasteiger partial charge in [-0.1, -0.05) is 12.1 Å². The highest BCUT2D eigenvalue weighted by atomic mass is 19.1. The van der Waals surface area contributed by atoms with Crippen LogP contribution in [0.4, 0.5) is 4.39 Å². The molecule has 3 heteroatoms. The molecule has 0 fully saturated rings. The highest BCUT2D eigenvalue weighted by Crippen LogP contribution is 2.24. The Kier molecular flexibility index (Phi) is 4.09. The van der Waals surface area contributed by atoms with Crippen molar-refractivity contribution in [1.29, 1.82) is 0 Å². The van der Waals surface area contributed by atoms with E-state index in [1.54, 1.807) is 6.07 Å². The van der Waals surface area contributed by atoms with Crippen molar-refractivity contribution in [3.63, 3.8) is 0 Å². The van der Waals surface area contributed by atoms with Gasteiger partial charge in [-0.05, 0) is 38.8 Å². The summed E-state index contributed by atoms with van der Waals surface area (Å²) in [4.78, 5) is 0. The van der Waals surface area contributed by atoms with Crippen LogP contribution in [0.15, 0.2) is 18.2 Å². The summed E-state index contributed by atoms with van der Waals surface area (Å²) in [6.45, 7) is 5.65. The minimum Gasteiger partial charge on any atom is -0.488 e. The van der Waals surface area contributed by atoms with E-state index in [0.717, 1.165) is 5.56 Å². The number of benzene rings is 1. The lowest BCUT2D eigenvalue weighted by Gasteiger charge is -2.16. The van der Waals surface area contributed by atoms with Crippen LogP contribution in [0.1, 0.15) is 26.3 Å². The van der Waals surface area contributed by atoms with E-state index >= 15 is 0 Å². The molecule has 15 heavy (non-hydrogen) atoms. The van der Waals surface area contributed by atoms with Crippen LogP contribution in [0.3, 0.4) is 0 Å². The van der Waals surface area contributed by atoms with Crippen LogP contribution in [-0.4, -0.2) is 12.1 Å². The normalized spacial score (nSPS) is 12.9. The molecule has 1 aromatic carbocycles. The van der Waals surface area contributed by atoms with Crippen molar-refractivity contribution in [2.75, 3.05) is 0 Å². The molecule has 1 unspecified atom stereocenters. The molecule has 0 saturated heterocycles. The predicted molar refractivity (Wildman–Crippen MR) is 59.5 cm³/mol. The summed E-state index contributed by atoms with van der Waals surface area (Å²) in [6.07, 6.45) is 0.591. The van der Waals surface area contributed by atoms with E-state index in [9.17, 15) is 4.39 Å². The third-order valence-electron chi connectivity index (χ3n) is 1.94. The second-order valence-electron chi connectivity index (χ2n) is 4.08. The molecule has 2 N–H and O–H groups in total. The number of hydrogen-bond acceptors (Lipinski definition) is 2. The van der Waals surface area contributed by atoms with E-state index in [-0.39, 0.29) is 18.0 Å². The Morgan fingerprint density at radius 1 is 1.33 bits per heavy atom. The number of para-hydroxylation sites is 1. The standard InChI is InChI=1S/C12H18FNO/c1-8(2)15-12-10(7-9(3)14)5-4-6-11(12)13/h4-6,8-9H,7,14H2,1-3H3. The molecule has 0 radical (unpaired) electrons. The van der Waals surface area contributed by atoms with Crippen LogP contribution < -0.4 is 10.5 Å². The summed E-state index contributed by atoms with van der Waals surface area (Å²) < 4.78 is 18.9. The second-order valence-corrected chi connectivity index (χ2v) is 4.08. The SMILES string of the molecule is CC(N)Cc1cccc(F)c1OC(C)C. The van der Waals surface area contributed by atoms with Gasteiger partial charge < -0.3 is 10.5 Å². The molecule has 2 nitrogen and oxygen atoms in total. The fourth-order valence-corrected chi connectivity index (χ4v) is 1.43. The molecular weight excluding hydrogens is 193 g/mol. The molecular formula is C12H18FNO. The molecule has 0 aliphatic heterocycles. The third-order valence-corrected chi connectivity index (χ3v) is 1.94. The summed E-state index contributed by atoms with van der Waals surface area (Å²) in [5.74, 6) is 0.0200. The Hall–Kier alpha value is -1.09. The molecule has 0 heterocycles. The summed E-state index contributed by atoms with van der Waals surface area (Å²) in [6, 6.07) is 4.94. The summed E-state index contributed by atoms with van der Waals surface area (Å²) in [5.41, 5.74) is 6.53. The molecule has 0 spiro atoms. The quantitative estimate of drug-likeness (QED) is 0.830. The first kappa shape index (κ1) is 12.0. The monoisotopic (exact) mass is 211 g/mol. The van der Waals surface area contributed by atoms with E-state index in [2.05, 4.69) is 0 Å². The van der Waals surface area contributed by atoms with Crippen molar-refractivity contribution in [1.82, 2.24) is 0 Å². The Labute approximate surface area is 90.2 Å². The second kappa shape index (κ2) is 5.12. The molecule has 0 aliphatic carbocycles. The van der Waals surface area contributed by atoms with Gasteiger partial charge >= 0.3 is 0 Å². The maximum atomic E-state index is 13.5.